The maximum absolute atomic E-state index is 13.1. The van der Waals surface area contributed by atoms with Gasteiger partial charge >= 0.3 is 18.4 Å². The van der Waals surface area contributed by atoms with E-state index < -0.39 is 29.8 Å². The number of rotatable bonds is 6. The van der Waals surface area contributed by atoms with Gasteiger partial charge in [0.25, 0.3) is 0 Å². The van der Waals surface area contributed by atoms with E-state index in [1.807, 2.05) is 0 Å². The van der Waals surface area contributed by atoms with Gasteiger partial charge in [-0.1, -0.05) is 65.7 Å². The highest BCUT2D eigenvalue weighted by molar-refractivity contribution is 6.39. The number of hydrogen-bond acceptors (Lipinski definition) is 3. The summed E-state index contributed by atoms with van der Waals surface area (Å²) in [7, 11) is 0. The summed E-state index contributed by atoms with van der Waals surface area (Å²) in [4.78, 5) is 23.2. The van der Waals surface area contributed by atoms with E-state index in [0.717, 1.165) is 0 Å². The molecule has 0 bridgehead atoms. The smallest absolute Gasteiger partial charge is 0.478 e. The van der Waals surface area contributed by atoms with Gasteiger partial charge in [0.1, 0.15) is 0 Å². The molecule has 0 aliphatic heterocycles. The standard InChI is InChI=1S/C22H17Cl2F3N2O4/c23-17-10-16(29-20(32)28-12-13-6-8-15(9-7-13)19(30)31)11-21(24,33-22(25,26)27)18(17)14-4-2-1-3-5-14/h1-10H,11-12H2,(H,30,31)(H2,28,29,32). The third-order valence-electron chi connectivity index (χ3n) is 4.60. The molecule has 2 aromatic rings. The third-order valence-corrected chi connectivity index (χ3v) is 5.30. The number of urea groups is 1. The maximum Gasteiger partial charge on any atom is 0.524 e. The molecule has 33 heavy (non-hydrogen) atoms. The fraction of sp³-hybridized carbons (Fsp3) is 0.182. The third kappa shape index (κ3) is 6.50. The number of carboxylic acid groups (broad SMARTS) is 1. The Kier molecular flexibility index (Phi) is 7.36. The Morgan fingerprint density at radius 2 is 1.73 bits per heavy atom. The number of amides is 2. The van der Waals surface area contributed by atoms with Crippen molar-refractivity contribution >= 4 is 40.8 Å². The van der Waals surface area contributed by atoms with Crippen molar-refractivity contribution in [3.05, 3.63) is 88.1 Å². The molecule has 0 radical (unpaired) electrons. The van der Waals surface area contributed by atoms with Gasteiger partial charge in [-0.25, -0.2) is 9.59 Å². The minimum Gasteiger partial charge on any atom is -0.478 e. The second-order valence-corrected chi connectivity index (χ2v) is 8.04. The van der Waals surface area contributed by atoms with Crippen LogP contribution in [0, 0.1) is 0 Å². The molecule has 2 amide bonds. The molecule has 1 atom stereocenters. The van der Waals surface area contributed by atoms with E-state index in [4.69, 9.17) is 28.3 Å². The van der Waals surface area contributed by atoms with Crippen LogP contribution < -0.4 is 10.6 Å². The molecule has 1 aliphatic rings. The molecule has 1 unspecified atom stereocenters. The van der Waals surface area contributed by atoms with Crippen LogP contribution in [0.25, 0.3) is 5.57 Å². The monoisotopic (exact) mass is 500 g/mol. The number of carboxylic acids is 1. The molecule has 0 fully saturated rings. The lowest BCUT2D eigenvalue weighted by Crippen LogP contribution is -2.41. The summed E-state index contributed by atoms with van der Waals surface area (Å²) < 4.78 is 43.7. The van der Waals surface area contributed by atoms with E-state index in [1.54, 1.807) is 30.3 Å². The van der Waals surface area contributed by atoms with Crippen LogP contribution in [0.1, 0.15) is 27.9 Å². The molecule has 0 aromatic heterocycles. The quantitative estimate of drug-likeness (QED) is 0.451. The van der Waals surface area contributed by atoms with Crippen LogP contribution in [0.3, 0.4) is 0 Å². The van der Waals surface area contributed by atoms with Gasteiger partial charge in [-0.15, -0.1) is 13.2 Å². The van der Waals surface area contributed by atoms with E-state index in [2.05, 4.69) is 15.4 Å². The minimum atomic E-state index is -5.06. The summed E-state index contributed by atoms with van der Waals surface area (Å²) in [6.45, 7) is 0.0446. The zero-order valence-electron chi connectivity index (χ0n) is 16.7. The van der Waals surface area contributed by atoms with Crippen LogP contribution in [-0.2, 0) is 11.3 Å². The van der Waals surface area contributed by atoms with Crippen LogP contribution in [0.5, 0.6) is 0 Å². The normalized spacial score (nSPS) is 18.5. The van der Waals surface area contributed by atoms with Gasteiger partial charge in [0.2, 0.25) is 0 Å². The number of alkyl halides is 4. The summed E-state index contributed by atoms with van der Waals surface area (Å²) in [5, 5.41) is 11.3. The molecule has 3 rings (SSSR count). The Hall–Kier alpha value is -3.01. The molecule has 6 nitrogen and oxygen atoms in total. The molecule has 11 heteroatoms. The van der Waals surface area contributed by atoms with Crippen LogP contribution in [0.2, 0.25) is 0 Å². The van der Waals surface area contributed by atoms with Crippen molar-refractivity contribution in [2.24, 2.45) is 0 Å². The van der Waals surface area contributed by atoms with E-state index in [1.165, 1.54) is 30.3 Å². The Morgan fingerprint density at radius 3 is 2.30 bits per heavy atom. The Balaban J connectivity index is 1.76. The lowest BCUT2D eigenvalue weighted by atomic mass is 9.92. The number of hydrogen-bond donors (Lipinski definition) is 3. The summed E-state index contributed by atoms with van der Waals surface area (Å²) in [5.41, 5.74) is 0.982. The number of carbonyl (C=O) groups excluding carboxylic acids is 1. The molecule has 0 saturated heterocycles. The summed E-state index contributed by atoms with van der Waals surface area (Å²) in [5.74, 6) is -1.08. The minimum absolute atomic E-state index is 0.0117. The van der Waals surface area contributed by atoms with E-state index in [9.17, 15) is 22.8 Å². The molecule has 2 aromatic carbocycles. The van der Waals surface area contributed by atoms with Gasteiger partial charge in [-0.3, -0.25) is 4.74 Å². The molecule has 3 N–H and O–H groups in total. The van der Waals surface area contributed by atoms with E-state index >= 15 is 0 Å². The van der Waals surface area contributed by atoms with Crippen molar-refractivity contribution in [1.82, 2.24) is 10.6 Å². The van der Waals surface area contributed by atoms with Gasteiger partial charge in [0, 0.05) is 24.2 Å². The van der Waals surface area contributed by atoms with Crippen LogP contribution >= 0.6 is 23.2 Å². The SMILES string of the molecule is O=C(NCc1ccc(C(=O)O)cc1)NC1=CC(Cl)=C(c2ccccc2)C(Cl)(OC(F)(F)F)C1. The first-order valence-electron chi connectivity index (χ1n) is 9.46. The van der Waals surface area contributed by atoms with Gasteiger partial charge in [0.05, 0.1) is 10.6 Å². The Morgan fingerprint density at radius 1 is 1.09 bits per heavy atom. The molecule has 0 heterocycles. The van der Waals surface area contributed by atoms with Crippen molar-refractivity contribution in [3.8, 4) is 0 Å². The molecule has 1 aliphatic carbocycles. The van der Waals surface area contributed by atoms with Gasteiger partial charge in [-0.05, 0) is 29.3 Å². The number of allylic oxidation sites excluding steroid dienone is 2. The second kappa shape index (κ2) is 9.86. The predicted octanol–water partition coefficient (Wildman–Crippen LogP) is 5.59. The van der Waals surface area contributed by atoms with Crippen LogP contribution in [0.15, 0.2) is 71.4 Å². The van der Waals surface area contributed by atoms with Crippen LogP contribution in [-0.4, -0.2) is 28.5 Å². The molecular weight excluding hydrogens is 484 g/mol. The van der Waals surface area contributed by atoms with Crippen molar-refractivity contribution in [1.29, 1.82) is 0 Å². The highest BCUT2D eigenvalue weighted by Gasteiger charge is 2.48. The van der Waals surface area contributed by atoms with Crippen molar-refractivity contribution in [3.63, 3.8) is 0 Å². The lowest BCUT2D eigenvalue weighted by molar-refractivity contribution is -0.342. The summed E-state index contributed by atoms with van der Waals surface area (Å²) >= 11 is 12.6. The lowest BCUT2D eigenvalue weighted by Gasteiger charge is -2.35. The van der Waals surface area contributed by atoms with Gasteiger partial charge < -0.3 is 15.7 Å². The van der Waals surface area contributed by atoms with Crippen LogP contribution in [0.4, 0.5) is 18.0 Å². The number of benzene rings is 2. The topological polar surface area (TPSA) is 87.7 Å². The zero-order chi connectivity index (χ0) is 24.2. The van der Waals surface area contributed by atoms with E-state index in [0.29, 0.717) is 11.1 Å². The zero-order valence-corrected chi connectivity index (χ0v) is 18.3. The molecular formula is C22H17Cl2F3N2O4. The summed E-state index contributed by atoms with van der Waals surface area (Å²) in [6.07, 6.45) is -4.27. The number of ether oxygens (including phenoxy) is 1. The predicted molar refractivity (Wildman–Crippen MR) is 116 cm³/mol. The highest BCUT2D eigenvalue weighted by Crippen LogP contribution is 2.48. The molecule has 0 saturated carbocycles. The maximum atomic E-state index is 13.1. The largest absolute Gasteiger partial charge is 0.524 e. The average Bonchev–Trinajstić information content (AvgIpc) is 2.71. The first-order chi connectivity index (χ1) is 15.5. The van der Waals surface area contributed by atoms with E-state index in [-0.39, 0.29) is 28.4 Å². The first-order valence-corrected chi connectivity index (χ1v) is 10.2. The summed E-state index contributed by atoms with van der Waals surface area (Å²) in [6, 6.07) is 13.1. The number of carbonyl (C=O) groups is 2. The average molecular weight is 501 g/mol. The van der Waals surface area contributed by atoms with Gasteiger partial charge in [-0.2, -0.15) is 0 Å². The number of aromatic carboxylic acids is 1. The number of nitrogens with one attached hydrogen (secondary N) is 2. The fourth-order valence-corrected chi connectivity index (χ4v) is 4.12. The Bertz CT molecular complexity index is 1100. The first kappa shape index (κ1) is 24.6. The Labute approximate surface area is 196 Å². The molecule has 174 valence electrons. The molecule has 0 spiro atoms. The number of halogens is 5. The fourth-order valence-electron chi connectivity index (χ4n) is 3.23. The van der Waals surface area contributed by atoms with Crippen molar-refractivity contribution < 1.29 is 32.6 Å². The van der Waals surface area contributed by atoms with Crippen molar-refractivity contribution in [2.75, 3.05) is 0 Å². The van der Waals surface area contributed by atoms with Gasteiger partial charge in [0.15, 0.2) is 5.06 Å². The second-order valence-electron chi connectivity index (χ2n) is 7.02. The van der Waals surface area contributed by atoms with Crippen molar-refractivity contribution in [2.45, 2.75) is 24.4 Å². The highest BCUT2D eigenvalue weighted by atomic mass is 35.5.